The lowest BCUT2D eigenvalue weighted by molar-refractivity contribution is -0.139. The van der Waals surface area contributed by atoms with Crippen molar-refractivity contribution in [3.05, 3.63) is 58.6 Å². The van der Waals surface area contributed by atoms with E-state index >= 15 is 0 Å². The lowest BCUT2D eigenvalue weighted by atomic mass is 9.87. The Bertz CT molecular complexity index is 882. The molecule has 0 bridgehead atoms. The maximum atomic E-state index is 12.8. The number of nitrogens with one attached hydrogen (secondary N) is 1. The Morgan fingerprint density at radius 3 is 2.44 bits per heavy atom. The fraction of sp³-hybridized carbons (Fsp3) is 0.167. The molecule has 0 aromatic heterocycles. The lowest BCUT2D eigenvalue weighted by Gasteiger charge is -2.29. The van der Waals surface area contributed by atoms with Crippen LogP contribution in [0.15, 0.2) is 42.5 Å². The van der Waals surface area contributed by atoms with Crippen LogP contribution in [-0.4, -0.2) is 33.9 Å². The largest absolute Gasteiger partial charge is 0.481 e. The fourth-order valence-electron chi connectivity index (χ4n) is 3.30. The number of aliphatic hydroxyl groups is 1. The van der Waals surface area contributed by atoms with Gasteiger partial charge in [-0.3, -0.25) is 14.4 Å². The van der Waals surface area contributed by atoms with Gasteiger partial charge in [0.05, 0.1) is 6.42 Å². The van der Waals surface area contributed by atoms with Crippen molar-refractivity contribution < 1.29 is 24.6 Å². The van der Waals surface area contributed by atoms with E-state index < -0.39 is 29.8 Å². The molecule has 2 aromatic carbocycles. The molecule has 25 heavy (non-hydrogen) atoms. The molecule has 3 N–H and O–H groups in total. The first kappa shape index (κ1) is 17.1. The maximum Gasteiger partial charge on any atom is 0.306 e. The summed E-state index contributed by atoms with van der Waals surface area (Å²) < 4.78 is 0. The zero-order chi connectivity index (χ0) is 18.2. The third-order valence-corrected chi connectivity index (χ3v) is 4.74. The smallest absolute Gasteiger partial charge is 0.306 e. The van der Waals surface area contributed by atoms with Crippen molar-refractivity contribution in [2.24, 2.45) is 0 Å². The highest BCUT2D eigenvalue weighted by Gasteiger charge is 2.55. The van der Waals surface area contributed by atoms with Crippen LogP contribution in [0.3, 0.4) is 0 Å². The molecule has 2 unspecified atom stereocenters. The first-order valence-electron chi connectivity index (χ1n) is 7.46. The summed E-state index contributed by atoms with van der Waals surface area (Å²) in [7, 11) is 0. The predicted octanol–water partition coefficient (Wildman–Crippen LogP) is 2.20. The molecule has 1 aliphatic rings. The number of aliphatic hydroxyl groups excluding tert-OH is 1. The van der Waals surface area contributed by atoms with Crippen LogP contribution >= 0.6 is 11.6 Å². The molecular formula is C18H14ClNO5. The van der Waals surface area contributed by atoms with Crippen LogP contribution in [0.2, 0.25) is 5.02 Å². The molecule has 1 aliphatic carbocycles. The molecule has 2 atom stereocenters. The molecule has 0 saturated carbocycles. The second-order valence-corrected chi connectivity index (χ2v) is 6.19. The first-order valence-corrected chi connectivity index (χ1v) is 7.84. The number of fused-ring (bicyclic) bond motifs is 1. The number of carbonyl (C=O) groups is 3. The van der Waals surface area contributed by atoms with Crippen LogP contribution in [0.1, 0.15) is 28.4 Å². The van der Waals surface area contributed by atoms with Gasteiger partial charge in [0.15, 0.2) is 5.78 Å². The van der Waals surface area contributed by atoms with Crippen molar-refractivity contribution >= 4 is 29.8 Å². The van der Waals surface area contributed by atoms with Crippen molar-refractivity contribution in [3.8, 4) is 11.1 Å². The maximum absolute atomic E-state index is 12.8. The average Bonchev–Trinajstić information content (AvgIpc) is 2.78. The molecule has 0 aliphatic heterocycles. The number of ketones is 1. The number of amides is 1. The van der Waals surface area contributed by atoms with Crippen molar-refractivity contribution in [2.45, 2.75) is 18.1 Å². The highest BCUT2D eigenvalue weighted by molar-refractivity contribution is 6.33. The molecular weight excluding hydrogens is 346 g/mol. The molecule has 0 fully saturated rings. The van der Waals surface area contributed by atoms with Gasteiger partial charge in [-0.25, -0.2) is 0 Å². The van der Waals surface area contributed by atoms with Crippen LogP contribution in [0.25, 0.3) is 11.1 Å². The van der Waals surface area contributed by atoms with Gasteiger partial charge in [-0.2, -0.15) is 0 Å². The average molecular weight is 360 g/mol. The minimum atomic E-state index is -1.94. The zero-order valence-corrected chi connectivity index (χ0v) is 13.7. The number of carboxylic acids is 1. The Hall–Kier alpha value is -2.70. The number of hydrogen-bond donors (Lipinski definition) is 3. The number of carbonyl (C=O) groups excluding carboxylic acids is 2. The van der Waals surface area contributed by atoms with Gasteiger partial charge < -0.3 is 15.5 Å². The van der Waals surface area contributed by atoms with Crippen molar-refractivity contribution in [3.63, 3.8) is 0 Å². The van der Waals surface area contributed by atoms with Crippen LogP contribution in [-0.2, 0) is 9.59 Å². The summed E-state index contributed by atoms with van der Waals surface area (Å²) in [6.45, 7) is 0. The van der Waals surface area contributed by atoms with Gasteiger partial charge in [0.2, 0.25) is 6.41 Å². The second kappa shape index (κ2) is 6.31. The standard InChI is InChI=1S/C18H14ClNO5/c19-13-7-2-1-4-10(13)11-5-3-6-12-15(11)17(25)18(16(12)24,20-9-21)8-14(22)23/h1-7,9,17,25H,8H2,(H,20,21)(H,22,23). The molecule has 0 saturated heterocycles. The number of aliphatic carboxylic acids is 1. The van der Waals surface area contributed by atoms with Crippen LogP contribution in [0, 0.1) is 0 Å². The SMILES string of the molecule is O=CNC1(CC(=O)O)C(=O)c2cccc(-c3ccccc3Cl)c2C1O. The molecule has 3 rings (SSSR count). The Morgan fingerprint density at radius 2 is 1.80 bits per heavy atom. The summed E-state index contributed by atoms with van der Waals surface area (Å²) in [6, 6.07) is 11.7. The van der Waals surface area contributed by atoms with E-state index in [1.54, 1.807) is 36.4 Å². The van der Waals surface area contributed by atoms with Gasteiger partial charge in [0, 0.05) is 21.7 Å². The predicted molar refractivity (Wildman–Crippen MR) is 90.4 cm³/mol. The first-order chi connectivity index (χ1) is 11.9. The van der Waals surface area contributed by atoms with E-state index in [1.165, 1.54) is 6.07 Å². The van der Waals surface area contributed by atoms with Gasteiger partial charge in [-0.1, -0.05) is 48.0 Å². The minimum absolute atomic E-state index is 0.167. The van der Waals surface area contributed by atoms with Crippen molar-refractivity contribution in [1.82, 2.24) is 5.32 Å². The topological polar surface area (TPSA) is 104 Å². The van der Waals surface area contributed by atoms with Crippen molar-refractivity contribution in [2.75, 3.05) is 0 Å². The second-order valence-electron chi connectivity index (χ2n) is 5.78. The number of rotatable bonds is 5. The van der Waals surface area contributed by atoms with Gasteiger partial charge in [-0.15, -0.1) is 0 Å². The van der Waals surface area contributed by atoms with Crippen LogP contribution in [0.5, 0.6) is 0 Å². The minimum Gasteiger partial charge on any atom is -0.481 e. The molecule has 7 heteroatoms. The number of hydrogen-bond acceptors (Lipinski definition) is 4. The monoisotopic (exact) mass is 359 g/mol. The van der Waals surface area contributed by atoms with Gasteiger partial charge in [0.25, 0.3) is 0 Å². The van der Waals surface area contributed by atoms with E-state index in [-0.39, 0.29) is 17.5 Å². The summed E-state index contributed by atoms with van der Waals surface area (Å²) >= 11 is 6.23. The highest BCUT2D eigenvalue weighted by atomic mass is 35.5. The molecule has 2 aromatic rings. The number of benzene rings is 2. The third-order valence-electron chi connectivity index (χ3n) is 4.41. The lowest BCUT2D eigenvalue weighted by Crippen LogP contribution is -2.53. The van der Waals surface area contributed by atoms with E-state index in [1.807, 2.05) is 0 Å². The van der Waals surface area contributed by atoms with E-state index in [9.17, 15) is 24.6 Å². The zero-order valence-electron chi connectivity index (χ0n) is 12.9. The summed E-state index contributed by atoms with van der Waals surface area (Å²) in [5.41, 5.74) is -0.390. The summed E-state index contributed by atoms with van der Waals surface area (Å²) in [4.78, 5) is 35.1. The van der Waals surface area contributed by atoms with Gasteiger partial charge in [-0.05, 0) is 11.6 Å². The van der Waals surface area contributed by atoms with Crippen molar-refractivity contribution in [1.29, 1.82) is 0 Å². The van der Waals surface area contributed by atoms with E-state index in [4.69, 9.17) is 11.6 Å². The number of halogens is 1. The third kappa shape index (κ3) is 2.59. The molecule has 6 nitrogen and oxygen atoms in total. The van der Waals surface area contributed by atoms with Crippen LogP contribution < -0.4 is 5.32 Å². The van der Waals surface area contributed by atoms with E-state index in [0.29, 0.717) is 16.1 Å². The van der Waals surface area contributed by atoms with Gasteiger partial charge >= 0.3 is 5.97 Å². The Kier molecular flexibility index (Phi) is 4.32. The van der Waals surface area contributed by atoms with Crippen LogP contribution in [0.4, 0.5) is 0 Å². The Morgan fingerprint density at radius 1 is 1.16 bits per heavy atom. The fourth-order valence-corrected chi connectivity index (χ4v) is 3.54. The number of Topliss-reactive ketones (excluding diaryl/α,β-unsaturated/α-hetero) is 1. The molecule has 0 heterocycles. The normalized spacial score (nSPS) is 21.7. The highest BCUT2D eigenvalue weighted by Crippen LogP contribution is 2.46. The van der Waals surface area contributed by atoms with E-state index in [0.717, 1.165) is 0 Å². The molecule has 0 spiro atoms. The molecule has 1 amide bonds. The quantitative estimate of drug-likeness (QED) is 0.710. The summed E-state index contributed by atoms with van der Waals surface area (Å²) in [5, 5.41) is 22.7. The Balaban J connectivity index is 2.23. The number of carboxylic acid groups (broad SMARTS) is 1. The Labute approximate surface area is 148 Å². The summed E-state index contributed by atoms with van der Waals surface area (Å²) in [6.07, 6.45) is -2.02. The van der Waals surface area contributed by atoms with Gasteiger partial charge in [0.1, 0.15) is 11.6 Å². The summed E-state index contributed by atoms with van der Waals surface area (Å²) in [5.74, 6) is -1.95. The molecule has 128 valence electrons. The van der Waals surface area contributed by atoms with E-state index in [2.05, 4.69) is 5.32 Å². The molecule has 0 radical (unpaired) electrons.